The maximum absolute atomic E-state index is 12.4. The van der Waals surface area contributed by atoms with Crippen molar-refractivity contribution in [1.29, 1.82) is 0 Å². The van der Waals surface area contributed by atoms with E-state index in [4.69, 9.17) is 11.6 Å². The molecule has 0 bridgehead atoms. The number of carbonyl (C=O) groups excluding carboxylic acids is 1. The van der Waals surface area contributed by atoms with Gasteiger partial charge in [-0.25, -0.2) is 8.42 Å². The Balaban J connectivity index is 2.07. The van der Waals surface area contributed by atoms with Crippen molar-refractivity contribution in [3.05, 3.63) is 58.6 Å². The minimum atomic E-state index is -3.74. The zero-order valence-electron chi connectivity index (χ0n) is 13.7. The number of nitrogens with one attached hydrogen (secondary N) is 1. The number of rotatable bonds is 5. The van der Waals surface area contributed by atoms with E-state index in [2.05, 4.69) is 5.32 Å². The third-order valence-electron chi connectivity index (χ3n) is 3.68. The van der Waals surface area contributed by atoms with E-state index in [0.29, 0.717) is 10.7 Å². The zero-order valence-corrected chi connectivity index (χ0v) is 15.3. The minimum absolute atomic E-state index is 0.0911. The average molecular weight is 367 g/mol. The van der Waals surface area contributed by atoms with Gasteiger partial charge in [0.05, 0.1) is 11.4 Å². The van der Waals surface area contributed by atoms with Crippen LogP contribution in [-0.2, 0) is 14.8 Å². The molecule has 0 saturated heterocycles. The molecule has 7 heteroatoms. The second-order valence-electron chi connectivity index (χ2n) is 5.56. The lowest BCUT2D eigenvalue weighted by molar-refractivity contribution is -0.116. The van der Waals surface area contributed by atoms with Crippen LogP contribution in [0.15, 0.2) is 47.4 Å². The molecular formula is C17H19ClN2O3S. The minimum Gasteiger partial charge on any atom is -0.325 e. The molecule has 0 aliphatic rings. The van der Waals surface area contributed by atoms with Crippen molar-refractivity contribution in [2.75, 3.05) is 18.9 Å². The van der Waals surface area contributed by atoms with Gasteiger partial charge < -0.3 is 5.32 Å². The monoisotopic (exact) mass is 366 g/mol. The molecule has 0 unspecified atom stereocenters. The third kappa shape index (κ3) is 4.35. The molecule has 1 amide bonds. The molecule has 0 atom stereocenters. The summed E-state index contributed by atoms with van der Waals surface area (Å²) in [6, 6.07) is 11.4. The first-order valence-corrected chi connectivity index (χ1v) is 9.11. The van der Waals surface area contributed by atoms with Crippen LogP contribution in [0.3, 0.4) is 0 Å². The SMILES string of the molecule is Cc1ccc(NC(=O)CN(C)S(=O)(=O)c2ccc(Cl)cc2)cc1C. The third-order valence-corrected chi connectivity index (χ3v) is 5.75. The van der Waals surface area contributed by atoms with Crippen molar-refractivity contribution >= 4 is 33.2 Å². The van der Waals surface area contributed by atoms with Gasteiger partial charge in [0.2, 0.25) is 15.9 Å². The number of carbonyl (C=O) groups is 1. The smallest absolute Gasteiger partial charge is 0.243 e. The van der Waals surface area contributed by atoms with Crippen LogP contribution in [0.25, 0.3) is 0 Å². The molecule has 0 aliphatic carbocycles. The highest BCUT2D eigenvalue weighted by molar-refractivity contribution is 7.89. The molecule has 1 N–H and O–H groups in total. The Morgan fingerprint density at radius 3 is 2.29 bits per heavy atom. The Bertz CT molecular complexity index is 849. The molecule has 2 aromatic rings. The quantitative estimate of drug-likeness (QED) is 0.883. The fourth-order valence-electron chi connectivity index (χ4n) is 2.09. The Morgan fingerprint density at radius 2 is 1.71 bits per heavy atom. The summed E-state index contributed by atoms with van der Waals surface area (Å²) in [5.41, 5.74) is 2.81. The van der Waals surface area contributed by atoms with E-state index in [1.165, 1.54) is 31.3 Å². The number of hydrogen-bond donors (Lipinski definition) is 1. The van der Waals surface area contributed by atoms with Crippen LogP contribution >= 0.6 is 11.6 Å². The van der Waals surface area contributed by atoms with Crippen LogP contribution in [0.4, 0.5) is 5.69 Å². The first kappa shape index (κ1) is 18.4. The molecule has 0 heterocycles. The summed E-state index contributed by atoms with van der Waals surface area (Å²) >= 11 is 5.77. The molecule has 5 nitrogen and oxygen atoms in total. The molecular weight excluding hydrogens is 348 g/mol. The predicted octanol–water partition coefficient (Wildman–Crippen LogP) is 3.22. The lowest BCUT2D eigenvalue weighted by Crippen LogP contribution is -2.34. The van der Waals surface area contributed by atoms with Crippen LogP contribution in [0.1, 0.15) is 11.1 Å². The van der Waals surface area contributed by atoms with Crippen LogP contribution in [0.5, 0.6) is 0 Å². The summed E-state index contributed by atoms with van der Waals surface area (Å²) in [5.74, 6) is -0.404. The maximum atomic E-state index is 12.4. The van der Waals surface area contributed by atoms with Crippen molar-refractivity contribution in [3.63, 3.8) is 0 Å². The number of benzene rings is 2. The molecule has 0 fully saturated rings. The van der Waals surface area contributed by atoms with Crippen LogP contribution in [0, 0.1) is 13.8 Å². The van der Waals surface area contributed by atoms with Gasteiger partial charge in [-0.3, -0.25) is 4.79 Å². The topological polar surface area (TPSA) is 66.5 Å². The molecule has 2 rings (SSSR count). The molecule has 0 spiro atoms. The maximum Gasteiger partial charge on any atom is 0.243 e. The molecule has 128 valence electrons. The molecule has 0 aliphatic heterocycles. The second kappa shape index (κ2) is 7.34. The predicted molar refractivity (Wildman–Crippen MR) is 95.8 cm³/mol. The molecule has 0 saturated carbocycles. The Kier molecular flexibility index (Phi) is 5.64. The normalized spacial score (nSPS) is 11.5. The van der Waals surface area contributed by atoms with E-state index in [0.717, 1.165) is 15.4 Å². The number of halogens is 1. The van der Waals surface area contributed by atoms with Crippen LogP contribution < -0.4 is 5.32 Å². The molecule has 2 aromatic carbocycles. The summed E-state index contributed by atoms with van der Waals surface area (Å²) in [5, 5.41) is 3.16. The molecule has 0 radical (unpaired) electrons. The number of likely N-dealkylation sites (N-methyl/N-ethyl adjacent to an activating group) is 1. The van der Waals surface area contributed by atoms with Gasteiger partial charge in [0.25, 0.3) is 0 Å². The number of hydrogen-bond acceptors (Lipinski definition) is 3. The van der Waals surface area contributed by atoms with Gasteiger partial charge in [-0.2, -0.15) is 4.31 Å². The van der Waals surface area contributed by atoms with Gasteiger partial charge in [0.1, 0.15) is 0 Å². The summed E-state index contributed by atoms with van der Waals surface area (Å²) in [6.45, 7) is 3.65. The summed E-state index contributed by atoms with van der Waals surface area (Å²) in [6.07, 6.45) is 0. The first-order valence-electron chi connectivity index (χ1n) is 7.29. The highest BCUT2D eigenvalue weighted by Crippen LogP contribution is 2.18. The largest absolute Gasteiger partial charge is 0.325 e. The zero-order chi connectivity index (χ0) is 17.9. The Labute approximate surface area is 147 Å². The van der Waals surface area contributed by atoms with Crippen molar-refractivity contribution in [2.45, 2.75) is 18.7 Å². The van der Waals surface area contributed by atoms with Crippen molar-refractivity contribution < 1.29 is 13.2 Å². The van der Waals surface area contributed by atoms with Crippen molar-refractivity contribution in [2.24, 2.45) is 0 Å². The standard InChI is InChI=1S/C17H19ClN2O3S/c1-12-4-7-15(10-13(12)2)19-17(21)11-20(3)24(22,23)16-8-5-14(18)6-9-16/h4-10H,11H2,1-3H3,(H,19,21). The second-order valence-corrected chi connectivity index (χ2v) is 8.04. The number of sulfonamides is 1. The van der Waals surface area contributed by atoms with Gasteiger partial charge in [-0.15, -0.1) is 0 Å². The Hall–Kier alpha value is -1.89. The Morgan fingerprint density at radius 1 is 1.08 bits per heavy atom. The van der Waals surface area contributed by atoms with E-state index < -0.39 is 15.9 Å². The van der Waals surface area contributed by atoms with Gasteiger partial charge in [0.15, 0.2) is 0 Å². The van der Waals surface area contributed by atoms with Gasteiger partial charge >= 0.3 is 0 Å². The molecule has 0 aromatic heterocycles. The summed E-state index contributed by atoms with van der Waals surface area (Å²) < 4.78 is 25.9. The highest BCUT2D eigenvalue weighted by Gasteiger charge is 2.22. The first-order chi connectivity index (χ1) is 11.2. The number of anilines is 1. The number of amides is 1. The van der Waals surface area contributed by atoms with Gasteiger partial charge in [-0.05, 0) is 61.4 Å². The van der Waals surface area contributed by atoms with Crippen molar-refractivity contribution in [3.8, 4) is 0 Å². The fraction of sp³-hybridized carbons (Fsp3) is 0.235. The highest BCUT2D eigenvalue weighted by atomic mass is 35.5. The van der Waals surface area contributed by atoms with E-state index in [9.17, 15) is 13.2 Å². The number of nitrogens with zero attached hydrogens (tertiary/aromatic N) is 1. The van der Waals surface area contributed by atoms with Crippen LogP contribution in [-0.4, -0.2) is 32.2 Å². The fourth-order valence-corrected chi connectivity index (χ4v) is 3.35. The van der Waals surface area contributed by atoms with E-state index >= 15 is 0 Å². The average Bonchev–Trinajstić information content (AvgIpc) is 2.51. The van der Waals surface area contributed by atoms with Gasteiger partial charge in [0, 0.05) is 17.8 Å². The van der Waals surface area contributed by atoms with E-state index in [1.54, 1.807) is 6.07 Å². The lowest BCUT2D eigenvalue weighted by atomic mass is 10.1. The lowest BCUT2D eigenvalue weighted by Gasteiger charge is -2.17. The molecule has 24 heavy (non-hydrogen) atoms. The van der Waals surface area contributed by atoms with Gasteiger partial charge in [-0.1, -0.05) is 17.7 Å². The van der Waals surface area contributed by atoms with Crippen LogP contribution in [0.2, 0.25) is 5.02 Å². The van der Waals surface area contributed by atoms with E-state index in [-0.39, 0.29) is 11.4 Å². The van der Waals surface area contributed by atoms with Crippen molar-refractivity contribution in [1.82, 2.24) is 4.31 Å². The number of aryl methyl sites for hydroxylation is 2. The summed E-state index contributed by atoms with van der Waals surface area (Å²) in [7, 11) is -2.38. The summed E-state index contributed by atoms with van der Waals surface area (Å²) in [4.78, 5) is 12.2. The van der Waals surface area contributed by atoms with E-state index in [1.807, 2.05) is 26.0 Å².